The molecule has 0 bridgehead atoms. The summed E-state index contributed by atoms with van der Waals surface area (Å²) in [6.45, 7) is 0.438. The van der Waals surface area contributed by atoms with Gasteiger partial charge in [-0.05, 0) is 29.8 Å². The molecular weight excluding hydrogens is 318 g/mol. The quantitative estimate of drug-likeness (QED) is 0.798. The third-order valence-corrected chi connectivity index (χ3v) is 3.40. The van der Waals surface area contributed by atoms with E-state index in [-0.39, 0.29) is 5.95 Å². The number of benzene rings is 2. The molecule has 0 aliphatic carbocycles. The maximum absolute atomic E-state index is 5.78. The van der Waals surface area contributed by atoms with E-state index in [9.17, 15) is 0 Å². The van der Waals surface area contributed by atoms with Crippen molar-refractivity contribution in [2.24, 2.45) is 0 Å². The first-order valence-electron chi connectivity index (χ1n) is 6.12. The van der Waals surface area contributed by atoms with Gasteiger partial charge in [-0.25, -0.2) is 4.98 Å². The molecule has 100 valence electrons. The molecule has 0 spiro atoms. The number of rotatable bonds is 3. The van der Waals surface area contributed by atoms with Crippen molar-refractivity contribution in [3.63, 3.8) is 0 Å². The number of aromatic nitrogens is 2. The van der Waals surface area contributed by atoms with Crippen LogP contribution in [0.2, 0.25) is 0 Å². The highest BCUT2D eigenvalue weighted by Crippen LogP contribution is 2.23. The molecule has 3 aromatic rings. The van der Waals surface area contributed by atoms with Crippen molar-refractivity contribution < 1.29 is 4.74 Å². The van der Waals surface area contributed by atoms with Crippen LogP contribution >= 0.6 is 15.9 Å². The molecule has 2 aromatic carbocycles. The van der Waals surface area contributed by atoms with Crippen LogP contribution < -0.4 is 10.5 Å². The Morgan fingerprint density at radius 3 is 2.55 bits per heavy atom. The molecule has 0 aliphatic heterocycles. The highest BCUT2D eigenvalue weighted by Gasteiger charge is 2.07. The standard InChI is InChI=1S/C15H12BrN3O/c16-11-7-5-10(6-8-11)9-20-14-12-3-1-2-4-13(12)18-15(17)19-14/h1-8H,9H2,(H2,17,18,19). The molecule has 0 saturated heterocycles. The molecule has 5 heteroatoms. The monoisotopic (exact) mass is 329 g/mol. The largest absolute Gasteiger partial charge is 0.472 e. The van der Waals surface area contributed by atoms with Crippen molar-refractivity contribution in [2.45, 2.75) is 6.61 Å². The SMILES string of the molecule is Nc1nc(OCc2ccc(Br)cc2)c2ccccc2n1. The third kappa shape index (κ3) is 2.72. The van der Waals surface area contributed by atoms with Gasteiger partial charge in [0.05, 0.1) is 10.9 Å². The van der Waals surface area contributed by atoms with Crippen LogP contribution in [-0.2, 0) is 6.61 Å². The van der Waals surface area contributed by atoms with Gasteiger partial charge in [0.2, 0.25) is 11.8 Å². The molecule has 3 rings (SSSR count). The van der Waals surface area contributed by atoms with Crippen molar-refractivity contribution in [3.05, 3.63) is 58.6 Å². The van der Waals surface area contributed by atoms with Crippen molar-refractivity contribution >= 4 is 32.8 Å². The number of anilines is 1. The fourth-order valence-corrected chi connectivity index (χ4v) is 2.17. The van der Waals surface area contributed by atoms with E-state index in [4.69, 9.17) is 10.5 Å². The van der Waals surface area contributed by atoms with Crippen LogP contribution in [0.5, 0.6) is 5.88 Å². The molecule has 0 fully saturated rings. The predicted octanol–water partition coefficient (Wildman–Crippen LogP) is 3.55. The average Bonchev–Trinajstić information content (AvgIpc) is 2.46. The number of fused-ring (bicyclic) bond motifs is 1. The number of nitrogen functional groups attached to an aromatic ring is 1. The fourth-order valence-electron chi connectivity index (χ4n) is 1.91. The first-order chi connectivity index (χ1) is 9.72. The summed E-state index contributed by atoms with van der Waals surface area (Å²) in [5, 5.41) is 0.860. The van der Waals surface area contributed by atoms with Crippen LogP contribution in [0, 0.1) is 0 Å². The van der Waals surface area contributed by atoms with E-state index in [2.05, 4.69) is 25.9 Å². The zero-order valence-corrected chi connectivity index (χ0v) is 12.2. The Balaban J connectivity index is 1.88. The average molecular weight is 330 g/mol. The minimum Gasteiger partial charge on any atom is -0.472 e. The lowest BCUT2D eigenvalue weighted by atomic mass is 10.2. The highest BCUT2D eigenvalue weighted by molar-refractivity contribution is 9.10. The second-order valence-corrected chi connectivity index (χ2v) is 5.23. The van der Waals surface area contributed by atoms with Gasteiger partial charge >= 0.3 is 0 Å². The van der Waals surface area contributed by atoms with Crippen LogP contribution in [0.1, 0.15) is 5.56 Å². The van der Waals surface area contributed by atoms with Crippen LogP contribution in [0.4, 0.5) is 5.95 Å². The van der Waals surface area contributed by atoms with E-state index in [1.165, 1.54) is 0 Å². The zero-order chi connectivity index (χ0) is 13.9. The molecular formula is C15H12BrN3O. The summed E-state index contributed by atoms with van der Waals surface area (Å²) in [6, 6.07) is 15.6. The van der Waals surface area contributed by atoms with Gasteiger partial charge in [0.15, 0.2) is 0 Å². The second kappa shape index (κ2) is 5.46. The first-order valence-corrected chi connectivity index (χ1v) is 6.91. The van der Waals surface area contributed by atoms with E-state index in [0.717, 1.165) is 20.9 Å². The zero-order valence-electron chi connectivity index (χ0n) is 10.6. The summed E-state index contributed by atoms with van der Waals surface area (Å²) in [4.78, 5) is 8.35. The summed E-state index contributed by atoms with van der Waals surface area (Å²) in [5.74, 6) is 0.727. The van der Waals surface area contributed by atoms with E-state index in [1.807, 2.05) is 48.5 Å². The molecule has 0 amide bonds. The Labute approximate surface area is 124 Å². The number of hydrogen-bond acceptors (Lipinski definition) is 4. The van der Waals surface area contributed by atoms with Gasteiger partial charge in [-0.1, -0.05) is 40.2 Å². The minimum atomic E-state index is 0.217. The Hall–Kier alpha value is -2.14. The van der Waals surface area contributed by atoms with E-state index < -0.39 is 0 Å². The maximum atomic E-state index is 5.78. The smallest absolute Gasteiger partial charge is 0.226 e. The molecule has 0 saturated carbocycles. The topological polar surface area (TPSA) is 61.0 Å². The van der Waals surface area contributed by atoms with Gasteiger partial charge in [-0.3, -0.25) is 0 Å². The number of nitrogens with zero attached hydrogens (tertiary/aromatic N) is 2. The van der Waals surface area contributed by atoms with Crippen molar-refractivity contribution in [1.29, 1.82) is 0 Å². The van der Waals surface area contributed by atoms with Gasteiger partial charge in [-0.2, -0.15) is 4.98 Å². The van der Waals surface area contributed by atoms with Gasteiger partial charge in [0.1, 0.15) is 6.61 Å². The molecule has 0 unspecified atom stereocenters. The Morgan fingerprint density at radius 1 is 1.00 bits per heavy atom. The lowest BCUT2D eigenvalue weighted by Gasteiger charge is -2.09. The number of hydrogen-bond donors (Lipinski definition) is 1. The Bertz CT molecular complexity index is 744. The third-order valence-electron chi connectivity index (χ3n) is 2.87. The summed E-state index contributed by atoms with van der Waals surface area (Å²) < 4.78 is 6.82. The number of para-hydroxylation sites is 1. The molecule has 0 radical (unpaired) electrons. The first kappa shape index (κ1) is 12.9. The summed E-state index contributed by atoms with van der Waals surface area (Å²) in [6.07, 6.45) is 0. The van der Waals surface area contributed by atoms with Crippen LogP contribution in [0.15, 0.2) is 53.0 Å². The molecule has 20 heavy (non-hydrogen) atoms. The summed E-state index contributed by atoms with van der Waals surface area (Å²) in [7, 11) is 0. The van der Waals surface area contributed by atoms with Crippen LogP contribution in [0.25, 0.3) is 10.9 Å². The number of halogens is 1. The molecule has 2 N–H and O–H groups in total. The van der Waals surface area contributed by atoms with Gasteiger partial charge in [0, 0.05) is 4.47 Å². The fraction of sp³-hybridized carbons (Fsp3) is 0.0667. The van der Waals surface area contributed by atoms with E-state index in [1.54, 1.807) is 0 Å². The van der Waals surface area contributed by atoms with E-state index in [0.29, 0.717) is 12.5 Å². The molecule has 1 aromatic heterocycles. The van der Waals surface area contributed by atoms with E-state index >= 15 is 0 Å². The second-order valence-electron chi connectivity index (χ2n) is 4.32. The lowest BCUT2D eigenvalue weighted by Crippen LogP contribution is -2.02. The summed E-state index contributed by atoms with van der Waals surface area (Å²) >= 11 is 3.41. The maximum Gasteiger partial charge on any atom is 0.226 e. The lowest BCUT2D eigenvalue weighted by molar-refractivity contribution is 0.298. The molecule has 0 aliphatic rings. The van der Waals surface area contributed by atoms with Crippen molar-refractivity contribution in [1.82, 2.24) is 9.97 Å². The van der Waals surface area contributed by atoms with Crippen LogP contribution in [0.3, 0.4) is 0 Å². The number of ether oxygens (including phenoxy) is 1. The van der Waals surface area contributed by atoms with Crippen molar-refractivity contribution in [3.8, 4) is 5.88 Å². The van der Waals surface area contributed by atoms with Crippen molar-refractivity contribution in [2.75, 3.05) is 5.73 Å². The van der Waals surface area contributed by atoms with Gasteiger partial charge in [0.25, 0.3) is 0 Å². The molecule has 0 atom stereocenters. The van der Waals surface area contributed by atoms with Crippen LogP contribution in [-0.4, -0.2) is 9.97 Å². The minimum absolute atomic E-state index is 0.217. The Kier molecular flexibility index (Phi) is 3.52. The number of nitrogens with two attached hydrogens (primary N) is 1. The van der Waals surface area contributed by atoms with Gasteiger partial charge in [-0.15, -0.1) is 0 Å². The predicted molar refractivity (Wildman–Crippen MR) is 82.4 cm³/mol. The Morgan fingerprint density at radius 2 is 1.75 bits per heavy atom. The molecule has 4 nitrogen and oxygen atoms in total. The summed E-state index contributed by atoms with van der Waals surface area (Å²) in [5.41, 5.74) is 7.55. The highest BCUT2D eigenvalue weighted by atomic mass is 79.9. The normalized spacial score (nSPS) is 10.7. The molecule has 1 heterocycles. The van der Waals surface area contributed by atoms with Gasteiger partial charge < -0.3 is 10.5 Å².